The summed E-state index contributed by atoms with van der Waals surface area (Å²) in [5.74, 6) is 0.424. The Labute approximate surface area is 193 Å². The number of sulfone groups is 1. The summed E-state index contributed by atoms with van der Waals surface area (Å²) < 4.78 is 30.8. The number of carbonyl (C=O) groups is 1. The van der Waals surface area contributed by atoms with Gasteiger partial charge in [-0.2, -0.15) is 5.10 Å². The van der Waals surface area contributed by atoms with Crippen molar-refractivity contribution >= 4 is 21.6 Å². The Hall–Kier alpha value is -2.98. The summed E-state index contributed by atoms with van der Waals surface area (Å²) in [4.78, 5) is 14.4. The zero-order valence-electron chi connectivity index (χ0n) is 19.3. The molecule has 3 aromatic rings. The van der Waals surface area contributed by atoms with E-state index in [0.717, 1.165) is 28.1 Å². The lowest BCUT2D eigenvalue weighted by atomic mass is 10.1. The Morgan fingerprint density at radius 2 is 1.97 bits per heavy atom. The average Bonchev–Trinajstić information content (AvgIpc) is 3.42. The summed E-state index contributed by atoms with van der Waals surface area (Å²) in [6.07, 6.45) is 0.587. The number of hydrogen-bond donors (Lipinski definition) is 1. The lowest BCUT2D eigenvalue weighted by molar-refractivity contribution is -0.117. The maximum atomic E-state index is 12.5. The molecule has 33 heavy (non-hydrogen) atoms. The van der Waals surface area contributed by atoms with Crippen LogP contribution in [0.2, 0.25) is 0 Å². The van der Waals surface area contributed by atoms with Crippen LogP contribution in [0.3, 0.4) is 0 Å². The number of nitrogens with zero attached hydrogens (tertiary/aromatic N) is 4. The molecule has 10 heteroatoms. The summed E-state index contributed by atoms with van der Waals surface area (Å²) in [7, 11) is -1.13. The van der Waals surface area contributed by atoms with Crippen molar-refractivity contribution in [3.05, 3.63) is 52.8 Å². The molecule has 0 aliphatic carbocycles. The van der Waals surface area contributed by atoms with E-state index in [1.165, 1.54) is 0 Å². The van der Waals surface area contributed by atoms with Crippen LogP contribution in [0.25, 0.3) is 11.3 Å². The summed E-state index contributed by atoms with van der Waals surface area (Å²) in [5, 5.41) is 11.4. The third-order valence-corrected chi connectivity index (χ3v) is 7.74. The molecule has 1 aliphatic heterocycles. The first kappa shape index (κ1) is 23.2. The van der Waals surface area contributed by atoms with Gasteiger partial charge in [-0.15, -0.1) is 0 Å². The largest absolute Gasteiger partial charge is 0.338 e. The van der Waals surface area contributed by atoms with Gasteiger partial charge in [0.25, 0.3) is 0 Å². The molecule has 1 aromatic carbocycles. The smallest absolute Gasteiger partial charge is 0.240 e. The van der Waals surface area contributed by atoms with Crippen LogP contribution in [0.5, 0.6) is 0 Å². The molecular formula is C23H29N5O4S. The van der Waals surface area contributed by atoms with Gasteiger partial charge in [0, 0.05) is 29.4 Å². The van der Waals surface area contributed by atoms with Gasteiger partial charge in [-0.3, -0.25) is 19.7 Å². The highest BCUT2D eigenvalue weighted by atomic mass is 32.2. The SMILES string of the molecule is Cc1ccc(-c2cc(NC(=O)CN(C)Cc3c(C)nn([C@H]4CCS(=O)(=O)C4)c3C)on2)cc1. The number of rotatable bonds is 7. The van der Waals surface area contributed by atoms with Crippen LogP contribution in [0.1, 0.15) is 35.0 Å². The highest BCUT2D eigenvalue weighted by Crippen LogP contribution is 2.27. The molecule has 0 radical (unpaired) electrons. The van der Waals surface area contributed by atoms with Crippen LogP contribution >= 0.6 is 0 Å². The van der Waals surface area contributed by atoms with E-state index in [1.54, 1.807) is 6.07 Å². The molecule has 1 saturated heterocycles. The fraction of sp³-hybridized carbons (Fsp3) is 0.435. The standard InChI is InChI=1S/C23H29N5O4S/c1-15-5-7-18(8-6-15)21-11-23(32-26-21)24-22(29)13-27(4)12-20-16(2)25-28(17(20)3)19-9-10-33(30,31)14-19/h5-8,11,19H,9-10,12-14H2,1-4H3,(H,24,29)/t19-/m0/s1. The van der Waals surface area contributed by atoms with E-state index in [-0.39, 0.29) is 30.0 Å². The third kappa shape index (κ3) is 5.33. The molecular weight excluding hydrogens is 442 g/mol. The minimum atomic E-state index is -2.99. The molecule has 176 valence electrons. The Morgan fingerprint density at radius 3 is 2.64 bits per heavy atom. The molecule has 1 N–H and O–H groups in total. The van der Waals surface area contributed by atoms with Crippen LogP contribution in [0, 0.1) is 20.8 Å². The van der Waals surface area contributed by atoms with E-state index in [0.29, 0.717) is 24.5 Å². The van der Waals surface area contributed by atoms with Crippen LogP contribution in [-0.2, 0) is 21.2 Å². The first-order valence-corrected chi connectivity index (χ1v) is 12.7. The monoisotopic (exact) mass is 471 g/mol. The summed E-state index contributed by atoms with van der Waals surface area (Å²) in [5.41, 5.74) is 5.53. The van der Waals surface area contributed by atoms with Crippen LogP contribution in [0.15, 0.2) is 34.9 Å². The summed E-state index contributed by atoms with van der Waals surface area (Å²) >= 11 is 0. The molecule has 4 rings (SSSR count). The van der Waals surface area contributed by atoms with Crippen LogP contribution in [0.4, 0.5) is 5.88 Å². The fourth-order valence-electron chi connectivity index (χ4n) is 4.19. The minimum Gasteiger partial charge on any atom is -0.338 e. The number of benzene rings is 1. The number of amides is 1. The molecule has 1 atom stereocenters. The zero-order valence-corrected chi connectivity index (χ0v) is 20.1. The van der Waals surface area contributed by atoms with Crippen molar-refractivity contribution in [3.63, 3.8) is 0 Å². The molecule has 0 spiro atoms. The predicted molar refractivity (Wildman–Crippen MR) is 126 cm³/mol. The van der Waals surface area contributed by atoms with E-state index in [4.69, 9.17) is 4.52 Å². The minimum absolute atomic E-state index is 0.120. The number of aromatic nitrogens is 3. The van der Waals surface area contributed by atoms with Crippen LogP contribution in [-0.4, -0.2) is 59.3 Å². The molecule has 1 aliphatic rings. The van der Waals surface area contributed by atoms with Crippen molar-refractivity contribution < 1.29 is 17.7 Å². The number of aryl methyl sites for hydroxylation is 2. The Kier molecular flexibility index (Phi) is 6.40. The van der Waals surface area contributed by atoms with Crippen molar-refractivity contribution in [2.45, 2.75) is 39.8 Å². The number of carbonyl (C=O) groups excluding carboxylic acids is 1. The van der Waals surface area contributed by atoms with Gasteiger partial charge in [0.2, 0.25) is 11.8 Å². The molecule has 9 nitrogen and oxygen atoms in total. The average molecular weight is 472 g/mol. The van der Waals surface area contributed by atoms with E-state index in [2.05, 4.69) is 15.6 Å². The predicted octanol–water partition coefficient (Wildman–Crippen LogP) is 2.89. The van der Waals surface area contributed by atoms with Gasteiger partial charge >= 0.3 is 0 Å². The molecule has 0 bridgehead atoms. The van der Waals surface area contributed by atoms with Gasteiger partial charge < -0.3 is 4.52 Å². The van der Waals surface area contributed by atoms with Crippen LogP contribution < -0.4 is 5.32 Å². The van der Waals surface area contributed by atoms with Gasteiger partial charge in [-0.1, -0.05) is 35.0 Å². The number of likely N-dealkylation sites (N-methyl/N-ethyl adjacent to an activating group) is 1. The number of anilines is 1. The number of hydrogen-bond acceptors (Lipinski definition) is 7. The Bertz CT molecular complexity index is 1260. The van der Waals surface area contributed by atoms with Gasteiger partial charge in [-0.25, -0.2) is 8.42 Å². The van der Waals surface area contributed by atoms with Crippen molar-refractivity contribution in [2.24, 2.45) is 0 Å². The van der Waals surface area contributed by atoms with Gasteiger partial charge in [0.1, 0.15) is 5.69 Å². The molecule has 1 fully saturated rings. The second kappa shape index (κ2) is 9.11. The van der Waals surface area contributed by atoms with Crippen molar-refractivity contribution in [2.75, 3.05) is 30.4 Å². The zero-order chi connectivity index (χ0) is 23.8. The normalized spacial score (nSPS) is 17.5. The summed E-state index contributed by atoms with van der Waals surface area (Å²) in [6, 6.07) is 9.49. The van der Waals surface area contributed by atoms with Gasteiger partial charge in [0.05, 0.1) is 29.8 Å². The lowest BCUT2D eigenvalue weighted by Gasteiger charge is -2.17. The van der Waals surface area contributed by atoms with E-state index in [9.17, 15) is 13.2 Å². The number of nitrogens with one attached hydrogen (secondary N) is 1. The molecule has 1 amide bonds. The molecule has 0 saturated carbocycles. The van der Waals surface area contributed by atoms with E-state index in [1.807, 2.05) is 61.7 Å². The first-order chi connectivity index (χ1) is 15.6. The van der Waals surface area contributed by atoms with Crippen molar-refractivity contribution in [1.29, 1.82) is 0 Å². The Balaban J connectivity index is 1.36. The molecule has 2 aromatic heterocycles. The molecule has 3 heterocycles. The second-order valence-corrected chi connectivity index (χ2v) is 11.0. The van der Waals surface area contributed by atoms with Crippen molar-refractivity contribution in [3.8, 4) is 11.3 Å². The van der Waals surface area contributed by atoms with E-state index >= 15 is 0 Å². The summed E-state index contributed by atoms with van der Waals surface area (Å²) in [6.45, 7) is 6.56. The van der Waals surface area contributed by atoms with Gasteiger partial charge in [0.15, 0.2) is 9.84 Å². The first-order valence-electron chi connectivity index (χ1n) is 10.9. The maximum absolute atomic E-state index is 12.5. The topological polar surface area (TPSA) is 110 Å². The quantitative estimate of drug-likeness (QED) is 0.564. The Morgan fingerprint density at radius 1 is 1.24 bits per heavy atom. The highest BCUT2D eigenvalue weighted by Gasteiger charge is 2.31. The van der Waals surface area contributed by atoms with E-state index < -0.39 is 9.84 Å². The van der Waals surface area contributed by atoms with Gasteiger partial charge in [-0.05, 0) is 34.2 Å². The highest BCUT2D eigenvalue weighted by molar-refractivity contribution is 7.91. The lowest BCUT2D eigenvalue weighted by Crippen LogP contribution is -2.30. The van der Waals surface area contributed by atoms with Crippen molar-refractivity contribution in [1.82, 2.24) is 19.8 Å². The fourth-order valence-corrected chi connectivity index (χ4v) is 5.88. The molecule has 0 unspecified atom stereocenters. The third-order valence-electron chi connectivity index (χ3n) is 5.99. The second-order valence-electron chi connectivity index (χ2n) is 8.81. The maximum Gasteiger partial charge on any atom is 0.240 e.